The van der Waals surface area contributed by atoms with E-state index in [-0.39, 0.29) is 12.1 Å². The molecule has 0 aliphatic carbocycles. The lowest BCUT2D eigenvalue weighted by Crippen LogP contribution is -2.11. The molecule has 86 valence electrons. The maximum absolute atomic E-state index is 5.97. The molecule has 2 atom stereocenters. The summed E-state index contributed by atoms with van der Waals surface area (Å²) in [5.41, 5.74) is 14.2. The summed E-state index contributed by atoms with van der Waals surface area (Å²) in [4.78, 5) is 0. The van der Waals surface area contributed by atoms with Crippen LogP contribution in [-0.4, -0.2) is 0 Å². The highest BCUT2D eigenvalue weighted by Gasteiger charge is 2.06. The SMILES string of the molecule is C=CC[C@H](N)c1ccc([C@@H](N)CC=C)cc1. The standard InChI is InChI=1S/C14H20N2/c1-3-5-13(15)11-7-9-12(10-8-11)14(16)6-4-2/h3-4,7-10,13-14H,1-2,5-6,15-16H2/t13-,14-/m0/s1. The fourth-order valence-electron chi connectivity index (χ4n) is 1.62. The fraction of sp³-hybridized carbons (Fsp3) is 0.286. The predicted octanol–water partition coefficient (Wildman–Crippen LogP) is 2.84. The van der Waals surface area contributed by atoms with E-state index in [1.807, 2.05) is 36.4 Å². The second-order valence-corrected chi connectivity index (χ2v) is 3.93. The maximum atomic E-state index is 5.97. The van der Waals surface area contributed by atoms with Crippen molar-refractivity contribution in [2.75, 3.05) is 0 Å². The van der Waals surface area contributed by atoms with Crippen LogP contribution in [0.25, 0.3) is 0 Å². The van der Waals surface area contributed by atoms with Crippen LogP contribution < -0.4 is 11.5 Å². The Kier molecular flexibility index (Phi) is 4.96. The van der Waals surface area contributed by atoms with Gasteiger partial charge in [0, 0.05) is 12.1 Å². The molecule has 0 radical (unpaired) electrons. The molecular formula is C14H20N2. The molecule has 1 aromatic rings. The minimum absolute atomic E-state index is 0.0298. The van der Waals surface area contributed by atoms with Crippen LogP contribution in [0.2, 0.25) is 0 Å². The van der Waals surface area contributed by atoms with Crippen molar-refractivity contribution in [2.24, 2.45) is 11.5 Å². The first-order valence-electron chi connectivity index (χ1n) is 5.51. The largest absolute Gasteiger partial charge is 0.324 e. The third-order valence-corrected chi connectivity index (χ3v) is 2.63. The summed E-state index contributed by atoms with van der Waals surface area (Å²) in [5.74, 6) is 0. The van der Waals surface area contributed by atoms with E-state index in [1.165, 1.54) is 0 Å². The van der Waals surface area contributed by atoms with Crippen molar-refractivity contribution in [1.82, 2.24) is 0 Å². The first-order valence-corrected chi connectivity index (χ1v) is 5.51. The summed E-state index contributed by atoms with van der Waals surface area (Å²) < 4.78 is 0. The van der Waals surface area contributed by atoms with Gasteiger partial charge in [-0.15, -0.1) is 13.2 Å². The van der Waals surface area contributed by atoms with Gasteiger partial charge in [0.1, 0.15) is 0 Å². The molecule has 0 unspecified atom stereocenters. The Morgan fingerprint density at radius 1 is 0.875 bits per heavy atom. The van der Waals surface area contributed by atoms with Crippen LogP contribution in [0.4, 0.5) is 0 Å². The molecule has 0 fully saturated rings. The van der Waals surface area contributed by atoms with E-state index in [4.69, 9.17) is 11.5 Å². The fourth-order valence-corrected chi connectivity index (χ4v) is 1.62. The Morgan fingerprint density at radius 3 is 1.44 bits per heavy atom. The molecule has 2 nitrogen and oxygen atoms in total. The molecule has 2 heteroatoms. The second-order valence-electron chi connectivity index (χ2n) is 3.93. The molecule has 0 aliphatic heterocycles. The Labute approximate surface area is 97.7 Å². The van der Waals surface area contributed by atoms with E-state index in [9.17, 15) is 0 Å². The molecule has 0 saturated carbocycles. The van der Waals surface area contributed by atoms with Crippen molar-refractivity contribution >= 4 is 0 Å². The first-order chi connectivity index (χ1) is 7.69. The summed E-state index contributed by atoms with van der Waals surface area (Å²) in [6, 6.07) is 8.20. The highest BCUT2D eigenvalue weighted by molar-refractivity contribution is 5.27. The Hall–Kier alpha value is -1.38. The lowest BCUT2D eigenvalue weighted by molar-refractivity contribution is 0.726. The van der Waals surface area contributed by atoms with Gasteiger partial charge in [0.2, 0.25) is 0 Å². The van der Waals surface area contributed by atoms with Crippen LogP contribution in [-0.2, 0) is 0 Å². The van der Waals surface area contributed by atoms with Crippen molar-refractivity contribution < 1.29 is 0 Å². The van der Waals surface area contributed by atoms with Crippen molar-refractivity contribution in [3.8, 4) is 0 Å². The van der Waals surface area contributed by atoms with Gasteiger partial charge in [-0.3, -0.25) is 0 Å². The van der Waals surface area contributed by atoms with Gasteiger partial charge in [-0.05, 0) is 24.0 Å². The van der Waals surface area contributed by atoms with Crippen molar-refractivity contribution in [1.29, 1.82) is 0 Å². The van der Waals surface area contributed by atoms with Crippen LogP contribution in [0.5, 0.6) is 0 Å². The minimum Gasteiger partial charge on any atom is -0.324 e. The molecule has 0 aromatic heterocycles. The van der Waals surface area contributed by atoms with Gasteiger partial charge in [-0.25, -0.2) is 0 Å². The first kappa shape index (κ1) is 12.7. The van der Waals surface area contributed by atoms with Crippen LogP contribution in [0.15, 0.2) is 49.6 Å². The molecule has 1 rings (SSSR count). The zero-order valence-corrected chi connectivity index (χ0v) is 9.60. The van der Waals surface area contributed by atoms with Gasteiger partial charge in [0.15, 0.2) is 0 Å². The van der Waals surface area contributed by atoms with E-state index in [0.717, 1.165) is 24.0 Å². The normalized spacial score (nSPS) is 14.1. The zero-order valence-electron chi connectivity index (χ0n) is 9.60. The summed E-state index contributed by atoms with van der Waals surface area (Å²) in [5, 5.41) is 0. The smallest absolute Gasteiger partial charge is 0.0329 e. The summed E-state index contributed by atoms with van der Waals surface area (Å²) >= 11 is 0. The van der Waals surface area contributed by atoms with E-state index < -0.39 is 0 Å². The number of rotatable bonds is 6. The molecule has 16 heavy (non-hydrogen) atoms. The lowest BCUT2D eigenvalue weighted by atomic mass is 9.99. The summed E-state index contributed by atoms with van der Waals surface area (Å²) in [6.45, 7) is 7.37. The molecule has 0 amide bonds. The molecule has 0 bridgehead atoms. The van der Waals surface area contributed by atoms with E-state index >= 15 is 0 Å². The van der Waals surface area contributed by atoms with Gasteiger partial charge in [-0.2, -0.15) is 0 Å². The highest BCUT2D eigenvalue weighted by atomic mass is 14.6. The average molecular weight is 216 g/mol. The monoisotopic (exact) mass is 216 g/mol. The maximum Gasteiger partial charge on any atom is 0.0329 e. The van der Waals surface area contributed by atoms with Gasteiger partial charge in [0.05, 0.1) is 0 Å². The molecule has 4 N–H and O–H groups in total. The quantitative estimate of drug-likeness (QED) is 0.718. The predicted molar refractivity (Wildman–Crippen MR) is 69.9 cm³/mol. The van der Waals surface area contributed by atoms with Gasteiger partial charge < -0.3 is 11.5 Å². The molecule has 1 aromatic carbocycles. The molecule has 0 spiro atoms. The van der Waals surface area contributed by atoms with Crippen LogP contribution in [0.1, 0.15) is 36.1 Å². The van der Waals surface area contributed by atoms with Gasteiger partial charge in [0.25, 0.3) is 0 Å². The van der Waals surface area contributed by atoms with E-state index in [2.05, 4.69) is 13.2 Å². The molecular weight excluding hydrogens is 196 g/mol. The third-order valence-electron chi connectivity index (χ3n) is 2.63. The molecule has 0 aliphatic rings. The van der Waals surface area contributed by atoms with Gasteiger partial charge in [-0.1, -0.05) is 36.4 Å². The van der Waals surface area contributed by atoms with Crippen molar-refractivity contribution in [2.45, 2.75) is 24.9 Å². The Morgan fingerprint density at radius 2 is 1.19 bits per heavy atom. The number of hydrogen-bond donors (Lipinski definition) is 2. The van der Waals surface area contributed by atoms with Gasteiger partial charge >= 0.3 is 0 Å². The second kappa shape index (κ2) is 6.26. The average Bonchev–Trinajstić information content (AvgIpc) is 2.30. The summed E-state index contributed by atoms with van der Waals surface area (Å²) in [6.07, 6.45) is 5.25. The van der Waals surface area contributed by atoms with Crippen molar-refractivity contribution in [3.05, 3.63) is 60.7 Å². The Balaban J connectivity index is 2.74. The molecule has 0 saturated heterocycles. The van der Waals surface area contributed by atoms with Crippen LogP contribution in [0, 0.1) is 0 Å². The van der Waals surface area contributed by atoms with E-state index in [1.54, 1.807) is 0 Å². The van der Waals surface area contributed by atoms with Crippen LogP contribution in [0.3, 0.4) is 0 Å². The zero-order chi connectivity index (χ0) is 12.0. The van der Waals surface area contributed by atoms with E-state index in [0.29, 0.717) is 0 Å². The molecule has 0 heterocycles. The lowest BCUT2D eigenvalue weighted by Gasteiger charge is -2.13. The number of nitrogens with two attached hydrogens (primary N) is 2. The third kappa shape index (κ3) is 3.33. The number of hydrogen-bond acceptors (Lipinski definition) is 2. The number of benzene rings is 1. The Bertz CT molecular complexity index is 305. The summed E-state index contributed by atoms with van der Waals surface area (Å²) in [7, 11) is 0. The van der Waals surface area contributed by atoms with Crippen LogP contribution >= 0.6 is 0 Å². The topological polar surface area (TPSA) is 52.0 Å². The minimum atomic E-state index is 0.0298. The van der Waals surface area contributed by atoms with Crippen molar-refractivity contribution in [3.63, 3.8) is 0 Å². The highest BCUT2D eigenvalue weighted by Crippen LogP contribution is 2.19.